The standard InChI is InChI=1S/C18H19F3N4/c1-2-16-17(21)18(23-10-22-16)24-8-12-6-13(9-24)25(12)7-11-3-4-14(19)15(20)5-11/h3-5,10,12-13H,2,6-9H2,1H3. The molecule has 4 nitrogen and oxygen atoms in total. The summed E-state index contributed by atoms with van der Waals surface area (Å²) >= 11 is 0. The Hall–Kier alpha value is -2.15. The zero-order valence-corrected chi connectivity index (χ0v) is 13.9. The first kappa shape index (κ1) is 16.3. The van der Waals surface area contributed by atoms with Crippen LogP contribution in [-0.2, 0) is 13.0 Å². The van der Waals surface area contributed by atoms with Gasteiger partial charge in [0.2, 0.25) is 0 Å². The fourth-order valence-corrected chi connectivity index (χ4v) is 3.83. The molecule has 0 radical (unpaired) electrons. The lowest BCUT2D eigenvalue weighted by molar-refractivity contribution is -0.00900. The topological polar surface area (TPSA) is 32.3 Å². The van der Waals surface area contributed by atoms with Crippen molar-refractivity contribution in [1.82, 2.24) is 14.9 Å². The van der Waals surface area contributed by atoms with E-state index in [4.69, 9.17) is 0 Å². The number of nitrogens with zero attached hydrogens (tertiary/aromatic N) is 4. The van der Waals surface area contributed by atoms with E-state index in [2.05, 4.69) is 14.9 Å². The molecule has 0 saturated carbocycles. The van der Waals surface area contributed by atoms with Crippen molar-refractivity contribution in [1.29, 1.82) is 0 Å². The molecule has 0 amide bonds. The lowest BCUT2D eigenvalue weighted by atomic mass is 9.86. The van der Waals surface area contributed by atoms with Crippen LogP contribution in [0, 0.1) is 17.5 Å². The van der Waals surface area contributed by atoms with Gasteiger partial charge in [-0.05, 0) is 30.5 Å². The number of benzene rings is 1. The number of hydrogen-bond acceptors (Lipinski definition) is 4. The Morgan fingerprint density at radius 1 is 1.08 bits per heavy atom. The molecule has 3 aliphatic heterocycles. The van der Waals surface area contributed by atoms with Crippen LogP contribution in [0.2, 0.25) is 0 Å². The number of aryl methyl sites for hydroxylation is 1. The number of aromatic nitrogens is 2. The van der Waals surface area contributed by atoms with E-state index in [1.54, 1.807) is 6.07 Å². The van der Waals surface area contributed by atoms with Crippen molar-refractivity contribution in [2.24, 2.45) is 0 Å². The second kappa shape index (κ2) is 6.29. The Morgan fingerprint density at radius 3 is 2.52 bits per heavy atom. The summed E-state index contributed by atoms with van der Waals surface area (Å²) in [6.45, 7) is 3.80. The molecule has 5 rings (SSSR count). The molecule has 1 aromatic heterocycles. The fourth-order valence-electron chi connectivity index (χ4n) is 3.83. The van der Waals surface area contributed by atoms with Gasteiger partial charge in [0.05, 0.1) is 5.69 Å². The second-order valence-corrected chi connectivity index (χ2v) is 6.68. The molecule has 2 atom stereocenters. The van der Waals surface area contributed by atoms with Gasteiger partial charge in [0.15, 0.2) is 23.3 Å². The van der Waals surface area contributed by atoms with Crippen LogP contribution >= 0.6 is 0 Å². The van der Waals surface area contributed by atoms with Crippen molar-refractivity contribution in [2.45, 2.75) is 38.4 Å². The zero-order chi connectivity index (χ0) is 17.6. The molecule has 2 bridgehead atoms. The largest absolute Gasteiger partial charge is 0.351 e. The number of rotatable bonds is 4. The molecule has 7 heteroatoms. The predicted molar refractivity (Wildman–Crippen MR) is 87.7 cm³/mol. The molecule has 3 saturated heterocycles. The van der Waals surface area contributed by atoms with E-state index in [1.807, 2.05) is 11.8 Å². The summed E-state index contributed by atoms with van der Waals surface area (Å²) < 4.78 is 40.9. The van der Waals surface area contributed by atoms with Gasteiger partial charge in [-0.1, -0.05) is 13.0 Å². The van der Waals surface area contributed by atoms with E-state index >= 15 is 0 Å². The Balaban J connectivity index is 1.46. The van der Waals surface area contributed by atoms with E-state index in [1.165, 1.54) is 12.4 Å². The number of piperazine rings is 1. The fraction of sp³-hybridized carbons (Fsp3) is 0.444. The number of fused-ring (bicyclic) bond motifs is 2. The molecule has 0 aliphatic carbocycles. The van der Waals surface area contributed by atoms with Gasteiger partial charge in [-0.3, -0.25) is 4.90 Å². The highest BCUT2D eigenvalue weighted by molar-refractivity contribution is 5.43. The molecule has 1 aromatic carbocycles. The van der Waals surface area contributed by atoms with Gasteiger partial charge in [0.25, 0.3) is 0 Å². The summed E-state index contributed by atoms with van der Waals surface area (Å²) in [5.74, 6) is -1.61. The summed E-state index contributed by atoms with van der Waals surface area (Å²) in [5, 5.41) is 0. The van der Waals surface area contributed by atoms with Crippen LogP contribution in [-0.4, -0.2) is 40.0 Å². The summed E-state index contributed by atoms with van der Waals surface area (Å²) in [6.07, 6.45) is 2.98. The quantitative estimate of drug-likeness (QED) is 0.850. The maximum atomic E-state index is 14.5. The van der Waals surface area contributed by atoms with Crippen molar-refractivity contribution in [3.8, 4) is 0 Å². The number of anilines is 1. The molecule has 0 N–H and O–H groups in total. The average molecular weight is 348 g/mol. The average Bonchev–Trinajstić information content (AvgIpc) is 2.62. The Kier molecular flexibility index (Phi) is 4.11. The van der Waals surface area contributed by atoms with E-state index < -0.39 is 11.6 Å². The van der Waals surface area contributed by atoms with Crippen LogP contribution < -0.4 is 4.90 Å². The van der Waals surface area contributed by atoms with Crippen molar-refractivity contribution in [2.75, 3.05) is 18.0 Å². The molecular formula is C18H19F3N4. The van der Waals surface area contributed by atoms with E-state index in [9.17, 15) is 13.2 Å². The molecule has 4 heterocycles. The summed E-state index contributed by atoms with van der Waals surface area (Å²) in [4.78, 5) is 12.3. The lowest BCUT2D eigenvalue weighted by Gasteiger charge is -2.56. The van der Waals surface area contributed by atoms with Gasteiger partial charge < -0.3 is 4.90 Å². The maximum absolute atomic E-state index is 14.5. The maximum Gasteiger partial charge on any atom is 0.187 e. The highest BCUT2D eigenvalue weighted by Gasteiger charge is 2.45. The van der Waals surface area contributed by atoms with Crippen molar-refractivity contribution in [3.63, 3.8) is 0 Å². The van der Waals surface area contributed by atoms with Crippen LogP contribution in [0.5, 0.6) is 0 Å². The number of piperidine rings is 1. The van der Waals surface area contributed by atoms with Gasteiger partial charge in [0.1, 0.15) is 6.33 Å². The first-order valence-electron chi connectivity index (χ1n) is 8.50. The molecule has 25 heavy (non-hydrogen) atoms. The van der Waals surface area contributed by atoms with E-state index in [-0.39, 0.29) is 17.9 Å². The second-order valence-electron chi connectivity index (χ2n) is 6.68. The third-order valence-corrected chi connectivity index (χ3v) is 5.17. The van der Waals surface area contributed by atoms with Gasteiger partial charge in [-0.15, -0.1) is 0 Å². The Bertz CT molecular complexity index is 786. The van der Waals surface area contributed by atoms with E-state index in [0.29, 0.717) is 37.6 Å². The summed E-state index contributed by atoms with van der Waals surface area (Å²) in [5.41, 5.74) is 1.19. The van der Waals surface area contributed by atoms with Gasteiger partial charge in [-0.25, -0.2) is 23.1 Å². The van der Waals surface area contributed by atoms with Crippen molar-refractivity contribution < 1.29 is 13.2 Å². The minimum atomic E-state index is -0.829. The predicted octanol–water partition coefficient (Wildman–Crippen LogP) is 2.92. The lowest BCUT2D eigenvalue weighted by Crippen LogP contribution is -2.68. The van der Waals surface area contributed by atoms with E-state index in [0.717, 1.165) is 18.1 Å². The summed E-state index contributed by atoms with van der Waals surface area (Å²) in [6, 6.07) is 4.56. The van der Waals surface area contributed by atoms with Gasteiger partial charge in [-0.2, -0.15) is 0 Å². The number of hydrogen-bond donors (Lipinski definition) is 0. The molecule has 132 valence electrons. The first-order valence-corrected chi connectivity index (χ1v) is 8.50. The van der Waals surface area contributed by atoms with Crippen LogP contribution in [0.3, 0.4) is 0 Å². The third-order valence-electron chi connectivity index (χ3n) is 5.17. The minimum absolute atomic E-state index is 0.270. The highest BCUT2D eigenvalue weighted by Crippen LogP contribution is 2.36. The van der Waals surface area contributed by atoms with Crippen LogP contribution in [0.1, 0.15) is 24.6 Å². The van der Waals surface area contributed by atoms with Crippen LogP contribution in [0.25, 0.3) is 0 Å². The summed E-state index contributed by atoms with van der Waals surface area (Å²) in [7, 11) is 0. The molecule has 3 aliphatic rings. The zero-order valence-electron chi connectivity index (χ0n) is 13.9. The van der Waals surface area contributed by atoms with Crippen molar-refractivity contribution >= 4 is 5.82 Å². The first-order chi connectivity index (χ1) is 12.1. The Labute approximate surface area is 144 Å². The SMILES string of the molecule is CCc1ncnc(N2CC3CC(C2)N3Cc2ccc(F)c(F)c2)c1F. The molecular weight excluding hydrogens is 329 g/mol. The van der Waals surface area contributed by atoms with Crippen molar-refractivity contribution in [3.05, 3.63) is 53.2 Å². The third kappa shape index (κ3) is 2.86. The van der Waals surface area contributed by atoms with Crippen LogP contribution in [0.15, 0.2) is 24.5 Å². The smallest absolute Gasteiger partial charge is 0.187 e. The van der Waals surface area contributed by atoms with Gasteiger partial charge in [0, 0.05) is 31.7 Å². The molecule has 2 aromatic rings. The normalized spacial score (nSPS) is 22.8. The number of halogens is 3. The Morgan fingerprint density at radius 2 is 1.84 bits per heavy atom. The molecule has 3 fully saturated rings. The highest BCUT2D eigenvalue weighted by atomic mass is 19.2. The van der Waals surface area contributed by atoms with Crippen LogP contribution in [0.4, 0.5) is 19.0 Å². The van der Waals surface area contributed by atoms with Gasteiger partial charge >= 0.3 is 0 Å². The minimum Gasteiger partial charge on any atom is -0.351 e. The molecule has 0 spiro atoms. The monoisotopic (exact) mass is 348 g/mol. The molecule has 2 unspecified atom stereocenters.